The van der Waals surface area contributed by atoms with E-state index in [9.17, 15) is 0 Å². The van der Waals surface area contributed by atoms with Crippen molar-refractivity contribution in [3.05, 3.63) is 29.3 Å². The maximum Gasteiger partial charge on any atom is 0.0486 e. The fourth-order valence-corrected chi connectivity index (χ4v) is 0.672. The first-order chi connectivity index (χ1) is 4.33. The number of anilines is 1. The van der Waals surface area contributed by atoms with Crippen LogP contribution in [0.25, 0.3) is 0 Å². The molecule has 1 aromatic rings. The number of hydrogen-bond acceptors (Lipinski definition) is 2. The number of hydrogen-bond donors (Lipinski definition) is 2. The molecule has 3 N–H and O–H groups in total. The lowest BCUT2D eigenvalue weighted by Gasteiger charge is -1.96. The summed E-state index contributed by atoms with van der Waals surface area (Å²) in [4.78, 5) is 0. The predicted molar refractivity (Wildman–Crippen MR) is 49.6 cm³/mol. The van der Waals surface area contributed by atoms with Crippen molar-refractivity contribution < 1.29 is 0 Å². The van der Waals surface area contributed by atoms with Gasteiger partial charge in [0.15, 0.2) is 0 Å². The lowest BCUT2D eigenvalue weighted by molar-refractivity contribution is 1.35. The number of hydrazine groups is 1. The van der Waals surface area contributed by atoms with Crippen LogP contribution in [0.1, 0.15) is 0 Å². The van der Waals surface area contributed by atoms with Gasteiger partial charge in [-0.1, -0.05) is 11.6 Å². The Labute approximate surface area is 75.1 Å². The van der Waals surface area contributed by atoms with Crippen LogP contribution in [0.3, 0.4) is 0 Å². The van der Waals surface area contributed by atoms with Gasteiger partial charge >= 0.3 is 0 Å². The molecule has 10 heavy (non-hydrogen) atoms. The van der Waals surface area contributed by atoms with E-state index in [4.69, 9.17) is 17.4 Å². The van der Waals surface area contributed by atoms with Crippen LogP contribution in [0.15, 0.2) is 24.3 Å². The van der Waals surface area contributed by atoms with Gasteiger partial charge in [0.1, 0.15) is 0 Å². The molecule has 0 aliphatic carbocycles. The second kappa shape index (κ2) is 4.55. The number of halogens is 2. The average Bonchev–Trinajstić information content (AvgIpc) is 1.90. The highest BCUT2D eigenvalue weighted by molar-refractivity contribution is 8.93. The van der Waals surface area contributed by atoms with Crippen LogP contribution in [-0.2, 0) is 0 Å². The van der Waals surface area contributed by atoms with E-state index in [1.165, 1.54) is 0 Å². The minimum absolute atomic E-state index is 0. The third-order valence-corrected chi connectivity index (χ3v) is 1.26. The normalized spacial score (nSPS) is 8.20. The van der Waals surface area contributed by atoms with Gasteiger partial charge in [-0.15, -0.1) is 17.0 Å². The maximum atomic E-state index is 5.60. The van der Waals surface area contributed by atoms with Crippen LogP contribution in [0.4, 0.5) is 5.69 Å². The Balaban J connectivity index is 0.000000810. The summed E-state index contributed by atoms with van der Waals surface area (Å²) in [5.41, 5.74) is 3.36. The van der Waals surface area contributed by atoms with Gasteiger partial charge in [-0.05, 0) is 24.3 Å². The standard InChI is InChI=1S/C6H7ClN2.BrH/c7-5-1-3-6(9-8)4-2-5;/h1-4,9H,8H2;1H. The van der Waals surface area contributed by atoms with Gasteiger partial charge in [0.2, 0.25) is 0 Å². The molecule has 0 atom stereocenters. The zero-order valence-electron chi connectivity index (χ0n) is 5.17. The Kier molecular flexibility index (Phi) is 4.43. The summed E-state index contributed by atoms with van der Waals surface area (Å²) in [6, 6.07) is 7.16. The third kappa shape index (κ3) is 2.56. The van der Waals surface area contributed by atoms with E-state index in [0.717, 1.165) is 5.69 Å². The highest BCUT2D eigenvalue weighted by Crippen LogP contribution is 2.11. The van der Waals surface area contributed by atoms with Crippen molar-refractivity contribution in [1.29, 1.82) is 0 Å². The fraction of sp³-hybridized carbons (Fsp3) is 0. The van der Waals surface area contributed by atoms with E-state index in [2.05, 4.69) is 5.43 Å². The van der Waals surface area contributed by atoms with E-state index < -0.39 is 0 Å². The lowest BCUT2D eigenvalue weighted by Crippen LogP contribution is -2.05. The van der Waals surface area contributed by atoms with Gasteiger partial charge in [-0.25, -0.2) is 0 Å². The van der Waals surface area contributed by atoms with Crippen molar-refractivity contribution in [2.45, 2.75) is 0 Å². The highest BCUT2D eigenvalue weighted by atomic mass is 79.9. The van der Waals surface area contributed by atoms with Gasteiger partial charge in [0.25, 0.3) is 0 Å². The summed E-state index contributed by atoms with van der Waals surface area (Å²) in [6.07, 6.45) is 0. The molecular weight excluding hydrogens is 215 g/mol. The number of nitrogens with two attached hydrogens (primary N) is 1. The fourth-order valence-electron chi connectivity index (χ4n) is 0.546. The summed E-state index contributed by atoms with van der Waals surface area (Å²) in [6.45, 7) is 0. The third-order valence-electron chi connectivity index (χ3n) is 1.01. The molecule has 0 heterocycles. The summed E-state index contributed by atoms with van der Waals surface area (Å²) in [7, 11) is 0. The Bertz CT molecular complexity index is 187. The molecule has 0 unspecified atom stereocenters. The molecule has 0 spiro atoms. The molecule has 1 aromatic carbocycles. The monoisotopic (exact) mass is 222 g/mol. The molecule has 0 aliphatic heterocycles. The summed E-state index contributed by atoms with van der Waals surface area (Å²) >= 11 is 5.60. The van der Waals surface area contributed by atoms with Crippen molar-refractivity contribution in [2.24, 2.45) is 5.84 Å². The van der Waals surface area contributed by atoms with Gasteiger partial charge in [-0.2, -0.15) is 0 Å². The lowest BCUT2D eigenvalue weighted by atomic mass is 10.3. The topological polar surface area (TPSA) is 38.0 Å². The second-order valence-corrected chi connectivity index (χ2v) is 2.09. The van der Waals surface area contributed by atoms with Crippen LogP contribution in [0.2, 0.25) is 5.02 Å². The van der Waals surface area contributed by atoms with Crippen molar-refractivity contribution in [3.8, 4) is 0 Å². The average molecular weight is 224 g/mol. The Morgan fingerprint density at radius 1 is 1.20 bits per heavy atom. The molecule has 4 heteroatoms. The zero-order chi connectivity index (χ0) is 6.69. The Morgan fingerprint density at radius 2 is 1.70 bits per heavy atom. The molecular formula is C6H8BrClN2. The number of nitrogens with one attached hydrogen (secondary N) is 1. The molecule has 0 bridgehead atoms. The molecule has 1 rings (SSSR count). The van der Waals surface area contributed by atoms with E-state index in [-0.39, 0.29) is 17.0 Å². The Morgan fingerprint density at radius 3 is 2.10 bits per heavy atom. The van der Waals surface area contributed by atoms with Crippen molar-refractivity contribution in [2.75, 3.05) is 5.43 Å². The van der Waals surface area contributed by atoms with Gasteiger partial charge in [-0.3, -0.25) is 5.84 Å². The van der Waals surface area contributed by atoms with Gasteiger partial charge in [0, 0.05) is 10.7 Å². The summed E-state index contributed by atoms with van der Waals surface area (Å²) < 4.78 is 0. The molecule has 56 valence electrons. The van der Waals surface area contributed by atoms with Crippen molar-refractivity contribution in [1.82, 2.24) is 0 Å². The largest absolute Gasteiger partial charge is 0.324 e. The molecule has 0 aliphatic rings. The summed E-state index contributed by atoms with van der Waals surface area (Å²) in [5, 5.41) is 0.717. The van der Waals surface area contributed by atoms with E-state index in [1.54, 1.807) is 12.1 Å². The van der Waals surface area contributed by atoms with Crippen LogP contribution >= 0.6 is 28.6 Å². The molecule has 0 saturated carbocycles. The smallest absolute Gasteiger partial charge is 0.0486 e. The molecule has 0 radical (unpaired) electrons. The molecule has 0 saturated heterocycles. The van der Waals surface area contributed by atoms with Crippen LogP contribution in [0.5, 0.6) is 0 Å². The quantitative estimate of drug-likeness (QED) is 0.566. The van der Waals surface area contributed by atoms with Crippen molar-refractivity contribution >= 4 is 34.3 Å². The van der Waals surface area contributed by atoms with E-state index in [1.807, 2.05) is 12.1 Å². The minimum atomic E-state index is 0. The second-order valence-electron chi connectivity index (χ2n) is 1.65. The first kappa shape index (κ1) is 9.75. The molecule has 0 amide bonds. The molecule has 0 aromatic heterocycles. The first-order valence-electron chi connectivity index (χ1n) is 2.55. The predicted octanol–water partition coefficient (Wildman–Crippen LogP) is 2.20. The molecule has 2 nitrogen and oxygen atoms in total. The first-order valence-corrected chi connectivity index (χ1v) is 2.93. The van der Waals surface area contributed by atoms with Crippen LogP contribution < -0.4 is 11.3 Å². The Hall–Kier alpha value is -0.250. The maximum absolute atomic E-state index is 5.60. The SMILES string of the molecule is Br.NNc1ccc(Cl)cc1. The van der Waals surface area contributed by atoms with Gasteiger partial charge < -0.3 is 5.43 Å². The highest BCUT2D eigenvalue weighted by Gasteiger charge is 1.85. The number of benzene rings is 1. The van der Waals surface area contributed by atoms with Crippen molar-refractivity contribution in [3.63, 3.8) is 0 Å². The van der Waals surface area contributed by atoms with Crippen LogP contribution in [0, 0.1) is 0 Å². The molecule has 0 fully saturated rings. The number of rotatable bonds is 1. The van der Waals surface area contributed by atoms with Gasteiger partial charge in [0.05, 0.1) is 0 Å². The number of nitrogen functional groups attached to an aromatic ring is 1. The van der Waals surface area contributed by atoms with E-state index >= 15 is 0 Å². The minimum Gasteiger partial charge on any atom is -0.324 e. The van der Waals surface area contributed by atoms with E-state index in [0.29, 0.717) is 5.02 Å². The zero-order valence-corrected chi connectivity index (χ0v) is 7.64. The summed E-state index contributed by atoms with van der Waals surface area (Å²) in [5.74, 6) is 5.11. The van der Waals surface area contributed by atoms with Crippen LogP contribution in [-0.4, -0.2) is 0 Å².